The van der Waals surface area contributed by atoms with Gasteiger partial charge in [0, 0.05) is 37.3 Å². The topological polar surface area (TPSA) is 42.0 Å². The highest BCUT2D eigenvalue weighted by Gasteiger charge is 2.37. The monoisotopic (exact) mass is 448 g/mol. The number of ether oxygens (including phenoxy) is 2. The molecule has 8 heteroatoms. The molecule has 172 valence electrons. The van der Waals surface area contributed by atoms with Gasteiger partial charge in [-0.15, -0.1) is 0 Å². The third-order valence-electron chi connectivity index (χ3n) is 6.48. The summed E-state index contributed by atoms with van der Waals surface area (Å²) in [6, 6.07) is 10.9. The van der Waals surface area contributed by atoms with Crippen molar-refractivity contribution < 1.29 is 27.4 Å². The van der Waals surface area contributed by atoms with Crippen LogP contribution in [-0.2, 0) is 6.18 Å². The number of carbonyl (C=O) groups is 1. The zero-order chi connectivity index (χ0) is 22.9. The van der Waals surface area contributed by atoms with Crippen LogP contribution in [0.5, 0.6) is 11.5 Å². The Kier molecular flexibility index (Phi) is 6.33. The van der Waals surface area contributed by atoms with Crippen molar-refractivity contribution in [3.8, 4) is 11.5 Å². The van der Waals surface area contributed by atoms with Gasteiger partial charge in [0.15, 0.2) is 11.5 Å². The summed E-state index contributed by atoms with van der Waals surface area (Å²) < 4.78 is 49.2. The van der Waals surface area contributed by atoms with Gasteiger partial charge in [0.25, 0.3) is 5.91 Å². The summed E-state index contributed by atoms with van der Waals surface area (Å²) in [7, 11) is 3.23. The molecule has 2 heterocycles. The van der Waals surface area contributed by atoms with E-state index in [1.165, 1.54) is 12.1 Å². The maximum atomic E-state index is 12.9. The van der Waals surface area contributed by atoms with Crippen LogP contribution in [0.4, 0.5) is 13.2 Å². The second kappa shape index (κ2) is 9.02. The second-order valence-corrected chi connectivity index (χ2v) is 8.28. The molecular formula is C24H27F3N2O3. The van der Waals surface area contributed by atoms with Crippen LogP contribution in [0.25, 0.3) is 0 Å². The van der Waals surface area contributed by atoms with E-state index in [9.17, 15) is 18.0 Å². The van der Waals surface area contributed by atoms with Gasteiger partial charge < -0.3 is 14.4 Å². The van der Waals surface area contributed by atoms with Crippen LogP contribution in [0.2, 0.25) is 0 Å². The van der Waals surface area contributed by atoms with Gasteiger partial charge in [0.1, 0.15) is 0 Å². The van der Waals surface area contributed by atoms with E-state index < -0.39 is 11.7 Å². The van der Waals surface area contributed by atoms with Gasteiger partial charge in [-0.25, -0.2) is 0 Å². The van der Waals surface area contributed by atoms with E-state index in [1.807, 2.05) is 12.1 Å². The van der Waals surface area contributed by atoms with Gasteiger partial charge in [-0.1, -0.05) is 6.07 Å². The SMILES string of the molecule is COc1ccc([C@H]2CCCC3CN(C(=O)c4ccc(C(F)(F)F)cc4)CCN32)cc1OC. The number of halogens is 3. The van der Waals surface area contributed by atoms with E-state index in [2.05, 4.69) is 11.0 Å². The van der Waals surface area contributed by atoms with Gasteiger partial charge in [0.2, 0.25) is 0 Å². The van der Waals surface area contributed by atoms with E-state index in [1.54, 1.807) is 19.1 Å². The Morgan fingerprint density at radius 1 is 0.969 bits per heavy atom. The second-order valence-electron chi connectivity index (χ2n) is 8.28. The van der Waals surface area contributed by atoms with E-state index in [0.717, 1.165) is 43.5 Å². The molecular weight excluding hydrogens is 421 g/mol. The van der Waals surface area contributed by atoms with Crippen molar-refractivity contribution in [1.82, 2.24) is 9.80 Å². The number of carbonyl (C=O) groups excluding carboxylic acids is 1. The van der Waals surface area contributed by atoms with Gasteiger partial charge in [-0.2, -0.15) is 13.2 Å². The first-order valence-corrected chi connectivity index (χ1v) is 10.8. The van der Waals surface area contributed by atoms with Crippen molar-refractivity contribution in [3.05, 3.63) is 59.2 Å². The molecule has 2 aliphatic rings. The molecule has 0 spiro atoms. The quantitative estimate of drug-likeness (QED) is 0.676. The number of benzene rings is 2. The van der Waals surface area contributed by atoms with Crippen LogP contribution in [0.1, 0.15) is 46.8 Å². The number of fused-ring (bicyclic) bond motifs is 1. The van der Waals surface area contributed by atoms with Gasteiger partial charge >= 0.3 is 6.18 Å². The van der Waals surface area contributed by atoms with Crippen LogP contribution in [0.15, 0.2) is 42.5 Å². The number of methoxy groups -OCH3 is 2. The molecule has 0 aliphatic carbocycles. The highest BCUT2D eigenvalue weighted by Crippen LogP contribution is 2.39. The van der Waals surface area contributed by atoms with Crippen molar-refractivity contribution in [2.75, 3.05) is 33.9 Å². The summed E-state index contributed by atoms with van der Waals surface area (Å²) in [6.07, 6.45) is -1.35. The van der Waals surface area contributed by atoms with Crippen molar-refractivity contribution >= 4 is 5.91 Å². The zero-order valence-electron chi connectivity index (χ0n) is 18.2. The minimum atomic E-state index is -4.41. The molecule has 1 unspecified atom stereocenters. The van der Waals surface area contributed by atoms with Gasteiger partial charge in [-0.3, -0.25) is 9.69 Å². The van der Waals surface area contributed by atoms with E-state index in [4.69, 9.17) is 9.47 Å². The highest BCUT2D eigenvalue weighted by atomic mass is 19.4. The fourth-order valence-corrected chi connectivity index (χ4v) is 4.84. The molecule has 0 N–H and O–H groups in total. The molecule has 0 saturated carbocycles. The first kappa shape index (κ1) is 22.5. The summed E-state index contributed by atoms with van der Waals surface area (Å²) in [4.78, 5) is 17.1. The summed E-state index contributed by atoms with van der Waals surface area (Å²) in [5.74, 6) is 1.17. The largest absolute Gasteiger partial charge is 0.493 e. The first-order valence-electron chi connectivity index (χ1n) is 10.8. The highest BCUT2D eigenvalue weighted by molar-refractivity contribution is 5.94. The van der Waals surface area contributed by atoms with Crippen LogP contribution in [0, 0.1) is 0 Å². The molecule has 0 bridgehead atoms. The minimum Gasteiger partial charge on any atom is -0.493 e. The van der Waals surface area contributed by atoms with Gasteiger partial charge in [0.05, 0.1) is 19.8 Å². The molecule has 5 nitrogen and oxygen atoms in total. The van der Waals surface area contributed by atoms with Crippen LogP contribution >= 0.6 is 0 Å². The maximum absolute atomic E-state index is 12.9. The molecule has 4 rings (SSSR count). The molecule has 2 aromatic carbocycles. The van der Waals surface area contributed by atoms with Gasteiger partial charge in [-0.05, 0) is 61.2 Å². The molecule has 1 amide bonds. The van der Waals surface area contributed by atoms with E-state index in [-0.39, 0.29) is 18.0 Å². The molecule has 2 aliphatic heterocycles. The molecule has 0 radical (unpaired) electrons. The maximum Gasteiger partial charge on any atom is 0.416 e. The smallest absolute Gasteiger partial charge is 0.416 e. The number of hydrogen-bond acceptors (Lipinski definition) is 4. The average Bonchev–Trinajstić information content (AvgIpc) is 2.82. The Morgan fingerprint density at radius 3 is 2.34 bits per heavy atom. The Bertz CT molecular complexity index is 962. The third kappa shape index (κ3) is 4.41. The lowest BCUT2D eigenvalue weighted by atomic mass is 9.89. The molecule has 2 aromatic rings. The normalized spacial score (nSPS) is 21.7. The number of rotatable bonds is 4. The number of nitrogens with zero attached hydrogens (tertiary/aromatic N) is 2. The Hall–Kier alpha value is -2.74. The third-order valence-corrected chi connectivity index (χ3v) is 6.48. The first-order chi connectivity index (χ1) is 15.3. The Labute approximate surface area is 185 Å². The van der Waals surface area contributed by atoms with Crippen molar-refractivity contribution in [2.45, 2.75) is 37.5 Å². The molecule has 2 atom stereocenters. The molecule has 2 fully saturated rings. The molecule has 32 heavy (non-hydrogen) atoms. The number of piperazine rings is 1. The lowest BCUT2D eigenvalue weighted by Crippen LogP contribution is -2.57. The predicted octanol–water partition coefficient (Wildman–Crippen LogP) is 4.77. The van der Waals surface area contributed by atoms with Crippen LogP contribution in [-0.4, -0.2) is 55.6 Å². The van der Waals surface area contributed by atoms with Crippen molar-refractivity contribution in [2.24, 2.45) is 0 Å². The van der Waals surface area contributed by atoms with E-state index >= 15 is 0 Å². The fraction of sp³-hybridized carbons (Fsp3) is 0.458. The standard InChI is InChI=1S/C24H27F3N2O3/c1-31-21-11-8-17(14-22(21)32-2)20-5-3-4-19-15-28(12-13-29(19)20)23(30)16-6-9-18(10-7-16)24(25,26)27/h6-11,14,19-20H,3-5,12-13,15H2,1-2H3/t19?,20-/m1/s1. The number of hydrogen-bond donors (Lipinski definition) is 0. The summed E-state index contributed by atoms with van der Waals surface area (Å²) in [5, 5.41) is 0. The summed E-state index contributed by atoms with van der Waals surface area (Å²) in [6.45, 7) is 1.83. The van der Waals surface area contributed by atoms with Crippen molar-refractivity contribution in [3.63, 3.8) is 0 Å². The fourth-order valence-electron chi connectivity index (χ4n) is 4.84. The summed E-state index contributed by atoms with van der Waals surface area (Å²) >= 11 is 0. The predicted molar refractivity (Wildman–Crippen MR) is 114 cm³/mol. The zero-order valence-corrected chi connectivity index (χ0v) is 18.2. The molecule has 0 aromatic heterocycles. The Balaban J connectivity index is 1.47. The van der Waals surface area contributed by atoms with Crippen LogP contribution in [0.3, 0.4) is 0 Å². The minimum absolute atomic E-state index is 0.216. The summed E-state index contributed by atoms with van der Waals surface area (Å²) in [5.41, 5.74) is 0.706. The van der Waals surface area contributed by atoms with E-state index in [0.29, 0.717) is 30.2 Å². The molecule has 2 saturated heterocycles. The van der Waals surface area contributed by atoms with Crippen LogP contribution < -0.4 is 9.47 Å². The number of alkyl halides is 3. The van der Waals surface area contributed by atoms with Crippen molar-refractivity contribution in [1.29, 1.82) is 0 Å². The lowest BCUT2D eigenvalue weighted by molar-refractivity contribution is -0.137. The Morgan fingerprint density at radius 2 is 1.69 bits per heavy atom. The average molecular weight is 448 g/mol. The number of amides is 1. The lowest BCUT2D eigenvalue weighted by Gasteiger charge is -2.48. The number of piperidine rings is 1.